The van der Waals surface area contributed by atoms with Crippen molar-refractivity contribution in [1.82, 2.24) is 5.43 Å². The average molecular weight is 272 g/mol. The Balaban J connectivity index is 1.76. The van der Waals surface area contributed by atoms with E-state index in [9.17, 15) is 9.18 Å². The van der Waals surface area contributed by atoms with Crippen molar-refractivity contribution in [2.45, 2.75) is 0 Å². The van der Waals surface area contributed by atoms with E-state index in [1.165, 1.54) is 30.5 Å². The van der Waals surface area contributed by atoms with Crippen LogP contribution in [0, 0.1) is 5.82 Å². The van der Waals surface area contributed by atoms with E-state index in [4.69, 9.17) is 4.74 Å². The number of hydrogen-bond donors (Lipinski definition) is 1. The van der Waals surface area contributed by atoms with Gasteiger partial charge >= 0.3 is 0 Å². The zero-order valence-electron chi connectivity index (χ0n) is 10.6. The largest absolute Gasteiger partial charge is 0.484 e. The van der Waals surface area contributed by atoms with E-state index in [1.54, 1.807) is 0 Å². The van der Waals surface area contributed by atoms with E-state index in [0.717, 1.165) is 5.56 Å². The van der Waals surface area contributed by atoms with Crippen LogP contribution in [0.15, 0.2) is 59.7 Å². The smallest absolute Gasteiger partial charge is 0.277 e. The number of nitrogens with one attached hydrogen (secondary N) is 1. The highest BCUT2D eigenvalue weighted by molar-refractivity contribution is 5.82. The first-order valence-electron chi connectivity index (χ1n) is 5.99. The van der Waals surface area contributed by atoms with Gasteiger partial charge in [-0.2, -0.15) is 5.10 Å². The van der Waals surface area contributed by atoms with Gasteiger partial charge in [0.15, 0.2) is 6.61 Å². The van der Waals surface area contributed by atoms with Gasteiger partial charge in [0.05, 0.1) is 6.21 Å². The SMILES string of the molecule is O=C(COc1ccc(F)cc1)N/N=C/c1ccccc1. The predicted octanol–water partition coefficient (Wildman–Crippen LogP) is 2.35. The Kier molecular flexibility index (Phi) is 4.83. The molecule has 0 radical (unpaired) electrons. The highest BCUT2D eigenvalue weighted by Crippen LogP contribution is 2.10. The van der Waals surface area contributed by atoms with Crippen molar-refractivity contribution >= 4 is 12.1 Å². The molecule has 0 heterocycles. The number of carbonyl (C=O) groups excluding carboxylic acids is 1. The van der Waals surface area contributed by atoms with Crippen molar-refractivity contribution in [3.8, 4) is 5.75 Å². The molecule has 0 spiro atoms. The molecule has 2 aromatic rings. The molecule has 5 heteroatoms. The summed E-state index contributed by atoms with van der Waals surface area (Å²) in [6, 6.07) is 14.8. The predicted molar refractivity (Wildman–Crippen MR) is 74.1 cm³/mol. The van der Waals surface area contributed by atoms with E-state index < -0.39 is 0 Å². The van der Waals surface area contributed by atoms with Crippen LogP contribution in [0.2, 0.25) is 0 Å². The fourth-order valence-electron chi connectivity index (χ4n) is 1.43. The normalized spacial score (nSPS) is 10.4. The zero-order valence-corrected chi connectivity index (χ0v) is 10.6. The first-order chi connectivity index (χ1) is 9.74. The van der Waals surface area contributed by atoms with Crippen LogP contribution in [0.25, 0.3) is 0 Å². The molecular weight excluding hydrogens is 259 g/mol. The van der Waals surface area contributed by atoms with Crippen molar-refractivity contribution in [1.29, 1.82) is 0 Å². The Morgan fingerprint density at radius 1 is 1.15 bits per heavy atom. The van der Waals surface area contributed by atoms with Crippen molar-refractivity contribution in [3.63, 3.8) is 0 Å². The van der Waals surface area contributed by atoms with Gasteiger partial charge in [-0.3, -0.25) is 4.79 Å². The standard InChI is InChI=1S/C15H13FN2O2/c16-13-6-8-14(9-7-13)20-11-15(19)18-17-10-12-4-2-1-3-5-12/h1-10H,11H2,(H,18,19)/b17-10+. The Labute approximate surface area is 115 Å². The minimum absolute atomic E-state index is 0.183. The second-order valence-electron chi connectivity index (χ2n) is 3.95. The third-order valence-electron chi connectivity index (χ3n) is 2.39. The van der Waals surface area contributed by atoms with E-state index in [2.05, 4.69) is 10.5 Å². The van der Waals surface area contributed by atoms with Crippen LogP contribution >= 0.6 is 0 Å². The Hall–Kier alpha value is -2.69. The number of rotatable bonds is 5. The molecule has 2 aromatic carbocycles. The number of nitrogens with zero attached hydrogens (tertiary/aromatic N) is 1. The Bertz CT molecular complexity index is 583. The molecule has 2 rings (SSSR count). The van der Waals surface area contributed by atoms with Crippen molar-refractivity contribution in [2.24, 2.45) is 5.10 Å². The lowest BCUT2D eigenvalue weighted by molar-refractivity contribution is -0.123. The second kappa shape index (κ2) is 7.04. The quantitative estimate of drug-likeness (QED) is 0.671. The molecule has 0 atom stereocenters. The van der Waals surface area contributed by atoms with Crippen molar-refractivity contribution < 1.29 is 13.9 Å². The third kappa shape index (κ3) is 4.53. The summed E-state index contributed by atoms with van der Waals surface area (Å²) in [5, 5.41) is 3.80. The number of benzene rings is 2. The maximum atomic E-state index is 12.7. The molecule has 4 nitrogen and oxygen atoms in total. The van der Waals surface area contributed by atoms with Crippen LogP contribution in [0.1, 0.15) is 5.56 Å². The minimum Gasteiger partial charge on any atom is -0.484 e. The molecule has 1 amide bonds. The number of ether oxygens (including phenoxy) is 1. The van der Waals surface area contributed by atoms with Crippen LogP contribution < -0.4 is 10.2 Å². The van der Waals surface area contributed by atoms with Crippen molar-refractivity contribution in [2.75, 3.05) is 6.61 Å². The van der Waals surface area contributed by atoms with Crippen LogP contribution in [0.5, 0.6) is 5.75 Å². The van der Waals surface area contributed by atoms with Gasteiger partial charge in [-0.05, 0) is 29.8 Å². The highest BCUT2D eigenvalue weighted by atomic mass is 19.1. The van der Waals surface area contributed by atoms with Crippen LogP contribution in [-0.4, -0.2) is 18.7 Å². The molecule has 0 unspecified atom stereocenters. The maximum absolute atomic E-state index is 12.7. The molecule has 0 aromatic heterocycles. The zero-order chi connectivity index (χ0) is 14.2. The molecule has 1 N–H and O–H groups in total. The average Bonchev–Trinajstić information content (AvgIpc) is 2.48. The summed E-state index contributed by atoms with van der Waals surface area (Å²) in [5.41, 5.74) is 3.23. The number of hydrazone groups is 1. The van der Waals surface area contributed by atoms with Gasteiger partial charge in [0, 0.05) is 0 Å². The minimum atomic E-state index is -0.387. The maximum Gasteiger partial charge on any atom is 0.277 e. The van der Waals surface area contributed by atoms with Gasteiger partial charge in [0.1, 0.15) is 11.6 Å². The first-order valence-corrected chi connectivity index (χ1v) is 5.99. The third-order valence-corrected chi connectivity index (χ3v) is 2.39. The molecule has 0 fully saturated rings. The summed E-state index contributed by atoms with van der Waals surface area (Å²) in [5.74, 6) is -0.315. The molecule has 0 aliphatic heterocycles. The van der Waals surface area contributed by atoms with E-state index >= 15 is 0 Å². The number of carbonyl (C=O) groups is 1. The Morgan fingerprint density at radius 2 is 1.85 bits per heavy atom. The van der Waals surface area contributed by atoms with Crippen molar-refractivity contribution in [3.05, 3.63) is 66.0 Å². The lowest BCUT2D eigenvalue weighted by Gasteiger charge is -2.04. The highest BCUT2D eigenvalue weighted by Gasteiger charge is 2.01. The summed E-state index contributed by atoms with van der Waals surface area (Å²) < 4.78 is 17.8. The molecule has 102 valence electrons. The van der Waals surface area contributed by atoms with Gasteiger partial charge in [-0.15, -0.1) is 0 Å². The number of halogens is 1. The van der Waals surface area contributed by atoms with Gasteiger partial charge in [-0.25, -0.2) is 9.82 Å². The number of amides is 1. The monoisotopic (exact) mass is 272 g/mol. The fourth-order valence-corrected chi connectivity index (χ4v) is 1.43. The fraction of sp³-hybridized carbons (Fsp3) is 0.0667. The second-order valence-corrected chi connectivity index (χ2v) is 3.95. The van der Waals surface area contributed by atoms with Gasteiger partial charge < -0.3 is 4.74 Å². The molecular formula is C15H13FN2O2. The van der Waals surface area contributed by atoms with E-state index in [0.29, 0.717) is 5.75 Å². The lowest BCUT2D eigenvalue weighted by Crippen LogP contribution is -2.24. The van der Waals surface area contributed by atoms with Gasteiger partial charge in [0.25, 0.3) is 5.91 Å². The summed E-state index contributed by atoms with van der Waals surface area (Å²) in [7, 11) is 0. The van der Waals surface area contributed by atoms with E-state index in [-0.39, 0.29) is 18.3 Å². The Morgan fingerprint density at radius 3 is 2.55 bits per heavy atom. The van der Waals surface area contributed by atoms with Crippen LogP contribution in [0.4, 0.5) is 4.39 Å². The molecule has 0 saturated heterocycles. The molecule has 0 aliphatic carbocycles. The summed E-state index contributed by atoms with van der Waals surface area (Å²) in [6.45, 7) is -0.183. The number of hydrogen-bond acceptors (Lipinski definition) is 3. The summed E-state index contributed by atoms with van der Waals surface area (Å²) in [6.07, 6.45) is 1.54. The molecule has 20 heavy (non-hydrogen) atoms. The molecule has 0 bridgehead atoms. The summed E-state index contributed by atoms with van der Waals surface area (Å²) in [4.78, 5) is 11.4. The summed E-state index contributed by atoms with van der Waals surface area (Å²) >= 11 is 0. The first kappa shape index (κ1) is 13.7. The van der Waals surface area contributed by atoms with Gasteiger partial charge in [0.2, 0.25) is 0 Å². The molecule has 0 saturated carbocycles. The van der Waals surface area contributed by atoms with Crippen LogP contribution in [-0.2, 0) is 4.79 Å². The van der Waals surface area contributed by atoms with Crippen LogP contribution in [0.3, 0.4) is 0 Å². The van der Waals surface area contributed by atoms with Gasteiger partial charge in [-0.1, -0.05) is 30.3 Å². The molecule has 0 aliphatic rings. The topological polar surface area (TPSA) is 50.7 Å². The lowest BCUT2D eigenvalue weighted by atomic mass is 10.2. The van der Waals surface area contributed by atoms with E-state index in [1.807, 2.05) is 30.3 Å².